The van der Waals surface area contributed by atoms with Crippen molar-refractivity contribution in [3.63, 3.8) is 0 Å². The van der Waals surface area contributed by atoms with Crippen LogP contribution in [0.4, 0.5) is 0 Å². The lowest BCUT2D eigenvalue weighted by Crippen LogP contribution is -2.02. The summed E-state index contributed by atoms with van der Waals surface area (Å²) in [5, 5.41) is 13.1. The summed E-state index contributed by atoms with van der Waals surface area (Å²) in [5.74, 6) is -0.956. The van der Waals surface area contributed by atoms with Gasteiger partial charge in [0.15, 0.2) is 11.3 Å². The molecule has 0 aliphatic carbocycles. The quantitative estimate of drug-likeness (QED) is 0.918. The van der Waals surface area contributed by atoms with Crippen molar-refractivity contribution < 1.29 is 9.90 Å². The van der Waals surface area contributed by atoms with Crippen LogP contribution < -0.4 is 0 Å². The predicted octanol–water partition coefficient (Wildman–Crippen LogP) is 2.31. The summed E-state index contributed by atoms with van der Waals surface area (Å²) in [7, 11) is 0. The molecular formula is C10H10BrN3O2. The minimum atomic E-state index is -1.02. The van der Waals surface area contributed by atoms with Crippen LogP contribution in [0.5, 0.6) is 0 Å². The summed E-state index contributed by atoms with van der Waals surface area (Å²) < 4.78 is 2.25. The van der Waals surface area contributed by atoms with Crippen molar-refractivity contribution >= 4 is 27.5 Å². The van der Waals surface area contributed by atoms with E-state index in [0.717, 1.165) is 4.47 Å². The lowest BCUT2D eigenvalue weighted by molar-refractivity contribution is 0.0688. The van der Waals surface area contributed by atoms with E-state index in [1.807, 2.05) is 13.8 Å². The lowest BCUT2D eigenvalue weighted by Gasteiger charge is -2.02. The normalized spacial score (nSPS) is 11.2. The predicted molar refractivity (Wildman–Crippen MR) is 61.7 cm³/mol. The van der Waals surface area contributed by atoms with E-state index < -0.39 is 5.97 Å². The van der Waals surface area contributed by atoms with Crippen LogP contribution in [0.15, 0.2) is 16.9 Å². The van der Waals surface area contributed by atoms with Gasteiger partial charge in [0, 0.05) is 18.0 Å². The Morgan fingerprint density at radius 3 is 2.81 bits per heavy atom. The van der Waals surface area contributed by atoms with E-state index in [-0.39, 0.29) is 11.6 Å². The van der Waals surface area contributed by atoms with Crippen molar-refractivity contribution in [2.75, 3.05) is 0 Å². The van der Waals surface area contributed by atoms with Crippen LogP contribution in [0, 0.1) is 0 Å². The van der Waals surface area contributed by atoms with Gasteiger partial charge in [-0.25, -0.2) is 14.3 Å². The van der Waals surface area contributed by atoms with Gasteiger partial charge in [-0.2, -0.15) is 5.10 Å². The molecule has 0 aliphatic heterocycles. The summed E-state index contributed by atoms with van der Waals surface area (Å²) in [6.45, 7) is 3.85. The van der Waals surface area contributed by atoms with Crippen LogP contribution in [0.2, 0.25) is 0 Å². The molecule has 0 saturated carbocycles. The van der Waals surface area contributed by atoms with E-state index in [9.17, 15) is 4.79 Å². The SMILES string of the molecule is CC(C)c1c(C(=O)O)nn2cc(Br)cnc12. The first-order valence-electron chi connectivity index (χ1n) is 4.77. The number of carbonyl (C=O) groups is 1. The van der Waals surface area contributed by atoms with E-state index in [0.29, 0.717) is 11.2 Å². The van der Waals surface area contributed by atoms with Crippen molar-refractivity contribution in [2.24, 2.45) is 0 Å². The topological polar surface area (TPSA) is 67.5 Å². The summed E-state index contributed by atoms with van der Waals surface area (Å²) >= 11 is 3.27. The molecule has 0 aromatic carbocycles. The van der Waals surface area contributed by atoms with Crippen LogP contribution in [0.1, 0.15) is 35.8 Å². The first-order valence-corrected chi connectivity index (χ1v) is 5.57. The summed E-state index contributed by atoms with van der Waals surface area (Å²) in [6, 6.07) is 0. The molecule has 0 radical (unpaired) electrons. The standard InChI is InChI=1S/C10H10BrN3O2/c1-5(2)7-8(10(15)16)13-14-4-6(11)3-12-9(7)14/h3-5H,1-2H3,(H,15,16). The van der Waals surface area contributed by atoms with Crippen molar-refractivity contribution in [1.82, 2.24) is 14.6 Å². The van der Waals surface area contributed by atoms with Crippen LogP contribution >= 0.6 is 15.9 Å². The minimum Gasteiger partial charge on any atom is -0.476 e. The molecule has 2 rings (SSSR count). The van der Waals surface area contributed by atoms with Gasteiger partial charge in [0.2, 0.25) is 0 Å². The molecule has 6 heteroatoms. The van der Waals surface area contributed by atoms with Gasteiger partial charge in [0.25, 0.3) is 0 Å². The Bertz CT molecular complexity index is 562. The Labute approximate surface area is 100 Å². The van der Waals surface area contributed by atoms with E-state index in [1.54, 1.807) is 12.4 Å². The maximum Gasteiger partial charge on any atom is 0.356 e. The highest BCUT2D eigenvalue weighted by Gasteiger charge is 2.21. The smallest absolute Gasteiger partial charge is 0.356 e. The number of nitrogens with zero attached hydrogens (tertiary/aromatic N) is 3. The van der Waals surface area contributed by atoms with Gasteiger partial charge in [-0.3, -0.25) is 0 Å². The Morgan fingerprint density at radius 1 is 1.56 bits per heavy atom. The van der Waals surface area contributed by atoms with E-state index in [1.165, 1.54) is 4.52 Å². The van der Waals surface area contributed by atoms with Gasteiger partial charge in [-0.1, -0.05) is 13.8 Å². The van der Waals surface area contributed by atoms with Crippen molar-refractivity contribution in [2.45, 2.75) is 19.8 Å². The largest absolute Gasteiger partial charge is 0.476 e. The molecule has 5 nitrogen and oxygen atoms in total. The Morgan fingerprint density at radius 2 is 2.25 bits per heavy atom. The Hall–Kier alpha value is -1.43. The third kappa shape index (κ3) is 1.69. The third-order valence-corrected chi connectivity index (χ3v) is 2.67. The van der Waals surface area contributed by atoms with E-state index in [2.05, 4.69) is 26.0 Å². The number of hydrogen-bond donors (Lipinski definition) is 1. The van der Waals surface area contributed by atoms with Gasteiger partial charge >= 0.3 is 5.97 Å². The van der Waals surface area contributed by atoms with Crippen LogP contribution in [-0.4, -0.2) is 25.7 Å². The first kappa shape index (κ1) is 11.1. The second-order valence-electron chi connectivity index (χ2n) is 3.76. The second kappa shape index (κ2) is 3.86. The van der Waals surface area contributed by atoms with Crippen LogP contribution in [0.25, 0.3) is 5.65 Å². The average molecular weight is 284 g/mol. The zero-order valence-corrected chi connectivity index (χ0v) is 10.4. The van der Waals surface area contributed by atoms with Gasteiger partial charge in [-0.05, 0) is 21.8 Å². The van der Waals surface area contributed by atoms with Crippen LogP contribution in [-0.2, 0) is 0 Å². The van der Waals surface area contributed by atoms with E-state index in [4.69, 9.17) is 5.11 Å². The van der Waals surface area contributed by atoms with Gasteiger partial charge < -0.3 is 5.11 Å². The van der Waals surface area contributed by atoms with Crippen LogP contribution in [0.3, 0.4) is 0 Å². The molecule has 2 aromatic rings. The molecule has 0 amide bonds. The monoisotopic (exact) mass is 283 g/mol. The number of aromatic nitrogens is 3. The molecule has 2 aromatic heterocycles. The maximum absolute atomic E-state index is 11.1. The Balaban J connectivity index is 2.81. The number of fused-ring (bicyclic) bond motifs is 1. The first-order chi connectivity index (χ1) is 7.50. The van der Waals surface area contributed by atoms with Gasteiger partial charge in [-0.15, -0.1) is 0 Å². The molecule has 84 valence electrons. The summed E-state index contributed by atoms with van der Waals surface area (Å²) in [5.41, 5.74) is 1.33. The molecule has 0 spiro atoms. The van der Waals surface area contributed by atoms with Crippen molar-refractivity contribution in [3.05, 3.63) is 28.1 Å². The van der Waals surface area contributed by atoms with E-state index >= 15 is 0 Å². The average Bonchev–Trinajstić information content (AvgIpc) is 2.55. The Kier molecular flexibility index (Phi) is 2.67. The van der Waals surface area contributed by atoms with Gasteiger partial charge in [0.05, 0.1) is 4.47 Å². The number of carboxylic acids is 1. The fourth-order valence-corrected chi connectivity index (χ4v) is 1.92. The lowest BCUT2D eigenvalue weighted by atomic mass is 10.0. The van der Waals surface area contributed by atoms with Crippen molar-refractivity contribution in [3.8, 4) is 0 Å². The highest BCUT2D eigenvalue weighted by atomic mass is 79.9. The minimum absolute atomic E-state index is 0.0669. The highest BCUT2D eigenvalue weighted by Crippen LogP contribution is 2.24. The number of carboxylic acid groups (broad SMARTS) is 1. The zero-order chi connectivity index (χ0) is 11.9. The summed E-state index contributed by atoms with van der Waals surface area (Å²) in [6.07, 6.45) is 3.33. The number of hydrogen-bond acceptors (Lipinski definition) is 3. The third-order valence-electron chi connectivity index (χ3n) is 2.26. The molecule has 0 fully saturated rings. The number of halogens is 1. The zero-order valence-electron chi connectivity index (χ0n) is 8.81. The molecule has 0 unspecified atom stereocenters. The highest BCUT2D eigenvalue weighted by molar-refractivity contribution is 9.10. The fraction of sp³-hybridized carbons (Fsp3) is 0.300. The van der Waals surface area contributed by atoms with Crippen molar-refractivity contribution in [1.29, 1.82) is 0 Å². The number of rotatable bonds is 2. The summed E-state index contributed by atoms with van der Waals surface area (Å²) in [4.78, 5) is 15.3. The molecule has 0 atom stereocenters. The molecule has 1 N–H and O–H groups in total. The maximum atomic E-state index is 11.1. The molecule has 0 aliphatic rings. The molecule has 0 saturated heterocycles. The van der Waals surface area contributed by atoms with Gasteiger partial charge in [0.1, 0.15) is 0 Å². The fourth-order valence-electron chi connectivity index (χ4n) is 1.62. The number of aromatic carboxylic acids is 1. The molecule has 0 bridgehead atoms. The second-order valence-corrected chi connectivity index (χ2v) is 4.68. The molecular weight excluding hydrogens is 274 g/mol. The molecule has 2 heterocycles. The molecule has 16 heavy (non-hydrogen) atoms.